The SMILES string of the molecule is COc1cc(OC)cc(-c2nccn2Cc2cc(F)cc(Br)c2)c1. The summed E-state index contributed by atoms with van der Waals surface area (Å²) in [6, 6.07) is 10.4. The number of methoxy groups -OCH3 is 2. The number of hydrogen-bond donors (Lipinski definition) is 0. The molecule has 0 aliphatic rings. The van der Waals surface area contributed by atoms with E-state index in [1.807, 2.05) is 29.0 Å². The first-order valence-corrected chi connectivity index (χ1v) is 8.08. The van der Waals surface area contributed by atoms with Crippen LogP contribution in [-0.4, -0.2) is 23.8 Å². The molecular weight excluding hydrogens is 375 g/mol. The van der Waals surface area contributed by atoms with Crippen LogP contribution in [0.2, 0.25) is 0 Å². The number of ether oxygens (including phenoxy) is 2. The Morgan fingerprint density at radius 1 is 1.04 bits per heavy atom. The summed E-state index contributed by atoms with van der Waals surface area (Å²) in [4.78, 5) is 4.42. The van der Waals surface area contributed by atoms with E-state index in [1.54, 1.807) is 26.5 Å². The second-order valence-corrected chi connectivity index (χ2v) is 6.17. The van der Waals surface area contributed by atoms with E-state index >= 15 is 0 Å². The third kappa shape index (κ3) is 3.59. The molecule has 24 heavy (non-hydrogen) atoms. The summed E-state index contributed by atoms with van der Waals surface area (Å²) in [5, 5.41) is 0. The molecule has 0 amide bonds. The van der Waals surface area contributed by atoms with E-state index in [1.165, 1.54) is 12.1 Å². The molecule has 124 valence electrons. The van der Waals surface area contributed by atoms with Gasteiger partial charge in [0.2, 0.25) is 0 Å². The molecule has 4 nitrogen and oxygen atoms in total. The first-order chi connectivity index (χ1) is 11.6. The van der Waals surface area contributed by atoms with Crippen molar-refractivity contribution in [3.8, 4) is 22.9 Å². The molecule has 0 saturated heterocycles. The Morgan fingerprint density at radius 3 is 2.38 bits per heavy atom. The minimum absolute atomic E-state index is 0.274. The van der Waals surface area contributed by atoms with Crippen LogP contribution in [0.1, 0.15) is 5.56 Å². The lowest BCUT2D eigenvalue weighted by Gasteiger charge is -2.11. The van der Waals surface area contributed by atoms with Crippen LogP contribution in [0.25, 0.3) is 11.4 Å². The van der Waals surface area contributed by atoms with Crippen molar-refractivity contribution in [2.75, 3.05) is 14.2 Å². The van der Waals surface area contributed by atoms with Gasteiger partial charge in [-0.3, -0.25) is 0 Å². The minimum Gasteiger partial charge on any atom is -0.497 e. The van der Waals surface area contributed by atoms with Crippen LogP contribution in [0.15, 0.2) is 53.3 Å². The van der Waals surface area contributed by atoms with Crippen LogP contribution in [0, 0.1) is 5.82 Å². The molecule has 0 radical (unpaired) electrons. The molecule has 3 rings (SSSR count). The van der Waals surface area contributed by atoms with Crippen LogP contribution < -0.4 is 9.47 Å². The average Bonchev–Trinajstić information content (AvgIpc) is 3.01. The highest BCUT2D eigenvalue weighted by Gasteiger charge is 2.11. The maximum absolute atomic E-state index is 13.6. The smallest absolute Gasteiger partial charge is 0.140 e. The second kappa shape index (κ2) is 7.05. The van der Waals surface area contributed by atoms with E-state index in [0.717, 1.165) is 17.0 Å². The fourth-order valence-corrected chi connectivity index (χ4v) is 3.05. The van der Waals surface area contributed by atoms with Gasteiger partial charge >= 0.3 is 0 Å². The Morgan fingerprint density at radius 2 is 1.75 bits per heavy atom. The van der Waals surface area contributed by atoms with E-state index in [2.05, 4.69) is 20.9 Å². The molecule has 0 aliphatic heterocycles. The number of nitrogens with zero attached hydrogens (tertiary/aromatic N) is 2. The largest absolute Gasteiger partial charge is 0.497 e. The van der Waals surface area contributed by atoms with Crippen LogP contribution in [0.4, 0.5) is 4.39 Å². The van der Waals surface area contributed by atoms with Crippen LogP contribution in [0.3, 0.4) is 0 Å². The molecule has 0 bridgehead atoms. The van der Waals surface area contributed by atoms with Gasteiger partial charge in [0.25, 0.3) is 0 Å². The highest BCUT2D eigenvalue weighted by molar-refractivity contribution is 9.10. The Bertz CT molecular complexity index is 821. The van der Waals surface area contributed by atoms with Gasteiger partial charge in [0.1, 0.15) is 23.1 Å². The Hall–Kier alpha value is -2.34. The van der Waals surface area contributed by atoms with Gasteiger partial charge in [-0.25, -0.2) is 9.37 Å². The Labute approximate surface area is 148 Å². The van der Waals surface area contributed by atoms with Crippen molar-refractivity contribution in [2.45, 2.75) is 6.54 Å². The Balaban J connectivity index is 1.98. The zero-order valence-corrected chi connectivity index (χ0v) is 14.9. The number of aromatic nitrogens is 2. The zero-order chi connectivity index (χ0) is 17.1. The number of hydrogen-bond acceptors (Lipinski definition) is 3. The van der Waals surface area contributed by atoms with Gasteiger partial charge in [-0.05, 0) is 35.9 Å². The monoisotopic (exact) mass is 390 g/mol. The normalized spacial score (nSPS) is 10.7. The topological polar surface area (TPSA) is 36.3 Å². The summed E-state index contributed by atoms with van der Waals surface area (Å²) >= 11 is 3.32. The van der Waals surface area contributed by atoms with Crippen molar-refractivity contribution in [3.05, 3.63) is 64.6 Å². The number of imidazole rings is 1. The predicted octanol–water partition coefficient (Wildman–Crippen LogP) is 4.52. The Kier molecular flexibility index (Phi) is 4.85. The van der Waals surface area contributed by atoms with Crippen LogP contribution >= 0.6 is 15.9 Å². The van der Waals surface area contributed by atoms with E-state index in [4.69, 9.17) is 9.47 Å². The summed E-state index contributed by atoms with van der Waals surface area (Å²) in [5.41, 5.74) is 1.71. The molecule has 3 aromatic rings. The molecule has 0 saturated carbocycles. The van der Waals surface area contributed by atoms with Gasteiger partial charge in [-0.2, -0.15) is 0 Å². The summed E-state index contributed by atoms with van der Waals surface area (Å²) in [7, 11) is 3.21. The highest BCUT2D eigenvalue weighted by atomic mass is 79.9. The van der Waals surface area contributed by atoms with Gasteiger partial charge in [0, 0.05) is 35.0 Å². The third-order valence-corrected chi connectivity index (χ3v) is 4.06. The molecule has 0 atom stereocenters. The fourth-order valence-electron chi connectivity index (χ4n) is 2.53. The van der Waals surface area contributed by atoms with Crippen molar-refractivity contribution >= 4 is 15.9 Å². The first-order valence-electron chi connectivity index (χ1n) is 7.28. The molecule has 2 aromatic carbocycles. The van der Waals surface area contributed by atoms with Crippen molar-refractivity contribution in [3.63, 3.8) is 0 Å². The van der Waals surface area contributed by atoms with Crippen molar-refractivity contribution in [1.29, 1.82) is 0 Å². The zero-order valence-electron chi connectivity index (χ0n) is 13.3. The fraction of sp³-hybridized carbons (Fsp3) is 0.167. The third-order valence-electron chi connectivity index (χ3n) is 3.60. The van der Waals surface area contributed by atoms with Gasteiger partial charge in [0.05, 0.1) is 14.2 Å². The second-order valence-electron chi connectivity index (χ2n) is 5.26. The molecule has 0 aliphatic carbocycles. The standard InChI is InChI=1S/C18H16BrFN2O2/c1-23-16-7-13(8-17(10-16)24-2)18-21-3-4-22(18)11-12-5-14(19)9-15(20)6-12/h3-10H,11H2,1-2H3. The van der Waals surface area contributed by atoms with Crippen molar-refractivity contribution < 1.29 is 13.9 Å². The van der Waals surface area contributed by atoms with Gasteiger partial charge in [0.15, 0.2) is 0 Å². The van der Waals surface area contributed by atoms with Crippen LogP contribution in [-0.2, 0) is 6.54 Å². The van der Waals surface area contributed by atoms with Gasteiger partial charge < -0.3 is 14.0 Å². The van der Waals surface area contributed by atoms with E-state index in [-0.39, 0.29) is 5.82 Å². The molecule has 0 N–H and O–H groups in total. The quantitative estimate of drug-likeness (QED) is 0.642. The predicted molar refractivity (Wildman–Crippen MR) is 94.0 cm³/mol. The van der Waals surface area contributed by atoms with Crippen molar-refractivity contribution in [1.82, 2.24) is 9.55 Å². The summed E-state index contributed by atoms with van der Waals surface area (Å²) < 4.78 is 26.9. The molecule has 1 heterocycles. The van der Waals surface area contributed by atoms with E-state index in [9.17, 15) is 4.39 Å². The highest BCUT2D eigenvalue weighted by Crippen LogP contribution is 2.29. The number of halogens is 2. The van der Waals surface area contributed by atoms with Gasteiger partial charge in [-0.15, -0.1) is 0 Å². The summed E-state index contributed by atoms with van der Waals surface area (Å²) in [5.74, 6) is 1.86. The summed E-state index contributed by atoms with van der Waals surface area (Å²) in [6.45, 7) is 0.505. The lowest BCUT2D eigenvalue weighted by atomic mass is 10.1. The van der Waals surface area contributed by atoms with E-state index < -0.39 is 0 Å². The first kappa shape index (κ1) is 16.5. The van der Waals surface area contributed by atoms with Gasteiger partial charge in [-0.1, -0.05) is 15.9 Å². The lowest BCUT2D eigenvalue weighted by Crippen LogP contribution is -2.02. The molecule has 0 fully saturated rings. The number of rotatable bonds is 5. The average molecular weight is 391 g/mol. The van der Waals surface area contributed by atoms with Crippen LogP contribution in [0.5, 0.6) is 11.5 Å². The molecular formula is C18H16BrFN2O2. The van der Waals surface area contributed by atoms with E-state index in [0.29, 0.717) is 22.5 Å². The summed E-state index contributed by atoms with van der Waals surface area (Å²) in [6.07, 6.45) is 3.58. The number of benzene rings is 2. The lowest BCUT2D eigenvalue weighted by molar-refractivity contribution is 0.394. The molecule has 0 spiro atoms. The molecule has 6 heteroatoms. The molecule has 1 aromatic heterocycles. The van der Waals surface area contributed by atoms with Crippen molar-refractivity contribution in [2.24, 2.45) is 0 Å². The minimum atomic E-state index is -0.274. The maximum atomic E-state index is 13.6. The maximum Gasteiger partial charge on any atom is 0.140 e. The molecule has 0 unspecified atom stereocenters.